The Balaban J connectivity index is 1.97. The van der Waals surface area contributed by atoms with Crippen LogP contribution in [0.5, 0.6) is 0 Å². The van der Waals surface area contributed by atoms with Crippen molar-refractivity contribution in [3.05, 3.63) is 0 Å². The number of ether oxygens (including phenoxy) is 1. The Kier molecular flexibility index (Phi) is 4.30. The molecule has 0 aromatic rings. The fourth-order valence-corrected chi connectivity index (χ4v) is 2.87. The van der Waals surface area contributed by atoms with Gasteiger partial charge in [-0.15, -0.1) is 0 Å². The third-order valence-electron chi connectivity index (χ3n) is 3.66. The summed E-state index contributed by atoms with van der Waals surface area (Å²) >= 11 is 0. The van der Waals surface area contributed by atoms with Gasteiger partial charge >= 0.3 is 12.1 Å². The summed E-state index contributed by atoms with van der Waals surface area (Å²) in [4.78, 5) is 29.6. The van der Waals surface area contributed by atoms with Crippen molar-refractivity contribution in [1.29, 1.82) is 0 Å². The molecule has 0 saturated carbocycles. The summed E-state index contributed by atoms with van der Waals surface area (Å²) in [5, 5.41) is 9.90. The topological polar surface area (TPSA) is 73.3 Å². The molecule has 2 fully saturated rings. The lowest BCUT2D eigenvalue weighted by Gasteiger charge is -2.37. The van der Waals surface area contributed by atoms with E-state index < -0.39 is 11.2 Å². The molecular formula is C15H27N3O4. The first-order valence-corrected chi connectivity index (χ1v) is 7.72. The maximum absolute atomic E-state index is 12.3. The van der Waals surface area contributed by atoms with E-state index in [0.29, 0.717) is 32.7 Å². The lowest BCUT2D eigenvalue weighted by Crippen LogP contribution is -2.54. The van der Waals surface area contributed by atoms with Crippen molar-refractivity contribution < 1.29 is 19.4 Å². The van der Waals surface area contributed by atoms with Crippen LogP contribution in [0.15, 0.2) is 0 Å². The summed E-state index contributed by atoms with van der Waals surface area (Å²) in [5.74, 6) is 0. The average molecular weight is 313 g/mol. The third-order valence-corrected chi connectivity index (χ3v) is 3.66. The molecule has 1 atom stereocenters. The number of rotatable bonds is 2. The van der Waals surface area contributed by atoms with Gasteiger partial charge in [0.05, 0.1) is 18.2 Å². The van der Waals surface area contributed by atoms with Crippen molar-refractivity contribution in [2.45, 2.75) is 51.9 Å². The SMILES string of the molecule is CC(C)(O)CN1CC2CN(C(=O)OC(C)(C)C)CCN2C1=O. The second-order valence-corrected chi connectivity index (χ2v) is 7.75. The van der Waals surface area contributed by atoms with Crippen molar-refractivity contribution in [3.8, 4) is 0 Å². The molecule has 7 heteroatoms. The molecule has 0 spiro atoms. The number of β-amino-alcohol motifs (C(OH)–C–C–N with tert-alkyl or cyclic N) is 1. The van der Waals surface area contributed by atoms with Gasteiger partial charge in [-0.25, -0.2) is 9.59 Å². The van der Waals surface area contributed by atoms with Gasteiger partial charge in [-0.3, -0.25) is 0 Å². The van der Waals surface area contributed by atoms with E-state index in [2.05, 4.69) is 0 Å². The van der Waals surface area contributed by atoms with Crippen LogP contribution in [-0.2, 0) is 4.74 Å². The van der Waals surface area contributed by atoms with Crippen LogP contribution >= 0.6 is 0 Å². The number of hydrogen-bond donors (Lipinski definition) is 1. The lowest BCUT2D eigenvalue weighted by atomic mass is 10.1. The van der Waals surface area contributed by atoms with Crippen LogP contribution in [0.4, 0.5) is 9.59 Å². The van der Waals surface area contributed by atoms with Crippen LogP contribution in [0.2, 0.25) is 0 Å². The second kappa shape index (κ2) is 5.61. The van der Waals surface area contributed by atoms with E-state index in [4.69, 9.17) is 4.74 Å². The van der Waals surface area contributed by atoms with Gasteiger partial charge in [0, 0.05) is 26.2 Å². The van der Waals surface area contributed by atoms with Crippen LogP contribution in [0, 0.1) is 0 Å². The molecule has 7 nitrogen and oxygen atoms in total. The maximum Gasteiger partial charge on any atom is 0.410 e. The molecule has 0 radical (unpaired) electrons. The number of fused-ring (bicyclic) bond motifs is 1. The Bertz CT molecular complexity index is 453. The zero-order valence-corrected chi connectivity index (χ0v) is 14.1. The maximum atomic E-state index is 12.3. The van der Waals surface area contributed by atoms with Crippen molar-refractivity contribution in [3.63, 3.8) is 0 Å². The zero-order valence-electron chi connectivity index (χ0n) is 14.1. The number of nitrogens with zero attached hydrogens (tertiary/aromatic N) is 3. The second-order valence-electron chi connectivity index (χ2n) is 7.75. The predicted octanol–water partition coefficient (Wildman–Crippen LogP) is 1.11. The highest BCUT2D eigenvalue weighted by atomic mass is 16.6. The molecule has 0 aliphatic carbocycles. The largest absolute Gasteiger partial charge is 0.444 e. The summed E-state index contributed by atoms with van der Waals surface area (Å²) in [5.41, 5.74) is -1.44. The molecule has 22 heavy (non-hydrogen) atoms. The van der Waals surface area contributed by atoms with Crippen molar-refractivity contribution in [1.82, 2.24) is 14.7 Å². The molecule has 0 aromatic heterocycles. The molecule has 0 aromatic carbocycles. The fourth-order valence-electron chi connectivity index (χ4n) is 2.87. The molecular weight excluding hydrogens is 286 g/mol. The highest BCUT2D eigenvalue weighted by molar-refractivity contribution is 5.78. The molecule has 0 bridgehead atoms. The lowest BCUT2D eigenvalue weighted by molar-refractivity contribution is 0.0127. The van der Waals surface area contributed by atoms with E-state index in [9.17, 15) is 14.7 Å². The van der Waals surface area contributed by atoms with Crippen LogP contribution < -0.4 is 0 Å². The summed E-state index contributed by atoms with van der Waals surface area (Å²) in [6.45, 7) is 11.2. The summed E-state index contributed by atoms with van der Waals surface area (Å²) in [6, 6.07) is -0.0907. The van der Waals surface area contributed by atoms with E-state index in [1.165, 1.54) is 0 Å². The van der Waals surface area contributed by atoms with E-state index in [1.807, 2.05) is 20.8 Å². The van der Waals surface area contributed by atoms with Crippen molar-refractivity contribution >= 4 is 12.1 Å². The highest BCUT2D eigenvalue weighted by Crippen LogP contribution is 2.23. The van der Waals surface area contributed by atoms with Gasteiger partial charge in [0.25, 0.3) is 0 Å². The Hall–Kier alpha value is -1.50. The Morgan fingerprint density at radius 3 is 2.41 bits per heavy atom. The molecule has 2 heterocycles. The first-order chi connectivity index (χ1) is 9.96. The molecule has 2 rings (SSSR count). The van der Waals surface area contributed by atoms with Crippen LogP contribution in [0.3, 0.4) is 0 Å². The molecule has 1 N–H and O–H groups in total. The highest BCUT2D eigenvalue weighted by Gasteiger charge is 2.43. The number of amides is 3. The zero-order chi connectivity index (χ0) is 16.7. The molecule has 2 saturated heterocycles. The Morgan fingerprint density at radius 1 is 1.23 bits per heavy atom. The number of carbonyl (C=O) groups excluding carboxylic acids is 2. The predicted molar refractivity (Wildman–Crippen MR) is 81.6 cm³/mol. The van der Waals surface area contributed by atoms with Crippen LogP contribution in [0.1, 0.15) is 34.6 Å². The quantitative estimate of drug-likeness (QED) is 0.829. The average Bonchev–Trinajstić information content (AvgIpc) is 2.61. The summed E-state index contributed by atoms with van der Waals surface area (Å²) in [7, 11) is 0. The van der Waals surface area contributed by atoms with Gasteiger partial charge < -0.3 is 24.5 Å². The normalized spacial score (nSPS) is 22.9. The number of hydrogen-bond acceptors (Lipinski definition) is 4. The number of aliphatic hydroxyl groups is 1. The monoisotopic (exact) mass is 313 g/mol. The molecule has 2 aliphatic heterocycles. The fraction of sp³-hybridized carbons (Fsp3) is 0.867. The van der Waals surface area contributed by atoms with Gasteiger partial charge in [0.2, 0.25) is 0 Å². The summed E-state index contributed by atoms with van der Waals surface area (Å²) < 4.78 is 5.39. The van der Waals surface area contributed by atoms with E-state index in [0.717, 1.165) is 0 Å². The smallest absolute Gasteiger partial charge is 0.410 e. The van der Waals surface area contributed by atoms with Crippen molar-refractivity contribution in [2.75, 3.05) is 32.7 Å². The molecule has 126 valence electrons. The molecule has 2 aliphatic rings. The standard InChI is InChI=1S/C15H27N3O4/c1-14(2,3)22-13(20)16-6-7-18-11(8-16)9-17(12(18)19)10-15(4,5)21/h11,21H,6-10H2,1-5H3. The van der Waals surface area contributed by atoms with Gasteiger partial charge in [0.15, 0.2) is 0 Å². The van der Waals surface area contributed by atoms with Gasteiger partial charge in [-0.2, -0.15) is 0 Å². The molecule has 1 unspecified atom stereocenters. The van der Waals surface area contributed by atoms with Crippen molar-refractivity contribution in [2.24, 2.45) is 0 Å². The molecule has 3 amide bonds. The van der Waals surface area contributed by atoms with Crippen LogP contribution in [0.25, 0.3) is 0 Å². The first kappa shape index (κ1) is 16.9. The van der Waals surface area contributed by atoms with Gasteiger partial charge in [0.1, 0.15) is 5.60 Å². The first-order valence-electron chi connectivity index (χ1n) is 7.72. The van der Waals surface area contributed by atoms with Gasteiger partial charge in [-0.1, -0.05) is 0 Å². The number of urea groups is 1. The number of piperazine rings is 1. The van der Waals surface area contributed by atoms with E-state index in [1.54, 1.807) is 28.5 Å². The minimum Gasteiger partial charge on any atom is -0.444 e. The van der Waals surface area contributed by atoms with Gasteiger partial charge in [-0.05, 0) is 34.6 Å². The third kappa shape index (κ3) is 4.03. The minimum absolute atomic E-state index is 0.0314. The van der Waals surface area contributed by atoms with Crippen LogP contribution in [-0.4, -0.2) is 81.9 Å². The number of carbonyl (C=O) groups is 2. The Morgan fingerprint density at radius 2 is 1.86 bits per heavy atom. The Labute approximate surface area is 131 Å². The minimum atomic E-state index is -0.922. The summed E-state index contributed by atoms with van der Waals surface area (Å²) in [6.07, 6.45) is -0.333. The van der Waals surface area contributed by atoms with E-state index >= 15 is 0 Å². The van der Waals surface area contributed by atoms with E-state index in [-0.39, 0.29) is 18.2 Å².